The Balaban J connectivity index is 1.25. The predicted molar refractivity (Wildman–Crippen MR) is 328 cm³/mol. The average molecular weight is 971 g/mol. The molecule has 0 radical (unpaired) electrons. The highest BCUT2D eigenvalue weighted by molar-refractivity contribution is 7.00. The highest BCUT2D eigenvalue weighted by Gasteiger charge is 2.45. The van der Waals surface area contributed by atoms with Gasteiger partial charge in [-0.3, -0.25) is 0 Å². The van der Waals surface area contributed by atoms with E-state index < -0.39 is 0 Å². The SMILES string of the molecule is CC(C)(C)c1cc(N2c3cc(-c4cccc5ccccc45)cc4c3B(c3ccc5cc6ccccc6cc5c32)c2ccc3cc5ccccc5cc3c2N4c2cc(C(C)(C)C)cc(C(C)(C)C)c2)cc(C(C)(C)C)c1. The Morgan fingerprint density at radius 3 is 1.09 bits per heavy atom. The van der Waals surface area contributed by atoms with Gasteiger partial charge in [-0.05, 0) is 175 Å². The fraction of sp³-hybridized carbons (Fsp3) is 0.222. The Kier molecular flexibility index (Phi) is 10.3. The normalized spacial score (nSPS) is 13.8. The second kappa shape index (κ2) is 16.4. The van der Waals surface area contributed by atoms with E-state index in [0.717, 1.165) is 0 Å². The summed E-state index contributed by atoms with van der Waals surface area (Å²) in [4.78, 5) is 5.40. The molecule has 0 atom stereocenters. The van der Waals surface area contributed by atoms with E-state index in [1.807, 2.05) is 0 Å². The fourth-order valence-electron chi connectivity index (χ4n) is 12.4. The van der Waals surface area contributed by atoms with Crippen LogP contribution in [0.3, 0.4) is 0 Å². The van der Waals surface area contributed by atoms with Crippen molar-refractivity contribution in [1.29, 1.82) is 0 Å². The minimum absolute atomic E-state index is 0.0819. The molecule has 2 heterocycles. The molecule has 75 heavy (non-hydrogen) atoms. The molecule has 0 saturated carbocycles. The summed E-state index contributed by atoms with van der Waals surface area (Å²) in [6.07, 6.45) is 0. The van der Waals surface area contributed by atoms with Crippen LogP contribution in [0.15, 0.2) is 188 Å². The molecule has 0 saturated heterocycles. The van der Waals surface area contributed by atoms with E-state index in [4.69, 9.17) is 0 Å². The van der Waals surface area contributed by atoms with E-state index in [2.05, 4.69) is 281 Å². The highest BCUT2D eigenvalue weighted by Crippen LogP contribution is 2.52. The first-order chi connectivity index (χ1) is 35.7. The molecule has 13 rings (SSSR count). The van der Waals surface area contributed by atoms with Gasteiger partial charge in [-0.25, -0.2) is 0 Å². The number of anilines is 6. The lowest BCUT2D eigenvalue weighted by molar-refractivity contribution is 0.568. The molecular weight excluding hydrogens is 904 g/mol. The summed E-state index contributed by atoms with van der Waals surface area (Å²) < 4.78 is 0. The Labute approximate surface area is 444 Å². The zero-order valence-electron chi connectivity index (χ0n) is 45.9. The van der Waals surface area contributed by atoms with Gasteiger partial charge >= 0.3 is 0 Å². The molecule has 0 aliphatic carbocycles. The lowest BCUT2D eigenvalue weighted by Gasteiger charge is -2.46. The standard InChI is InChI=1S/C72H67BN2/c1-69(2,3)52-38-53(70(4,5)6)41-56(40-52)74-64-36-51(59-27-19-25-44-20-17-18-26-58(44)59)37-65-66(64)73(62-30-28-49-32-45-21-13-15-23-47(45)34-60(49)67(62)74)63-31-29-50-33-46-22-14-16-24-48(46)35-61(50)68(63)75(65)57-42-54(71(7,8)9)39-55(43-57)72(10,11)12/h13-43H,1-12H3. The Hall–Kier alpha value is -7.62. The van der Waals surface area contributed by atoms with Crippen LogP contribution in [0.2, 0.25) is 0 Å². The molecule has 0 N–H and O–H groups in total. The van der Waals surface area contributed by atoms with Gasteiger partial charge < -0.3 is 9.80 Å². The minimum atomic E-state index is -0.0971. The van der Waals surface area contributed by atoms with Gasteiger partial charge in [0.2, 0.25) is 0 Å². The van der Waals surface area contributed by atoms with Crippen LogP contribution in [0.1, 0.15) is 105 Å². The summed E-state index contributed by atoms with van der Waals surface area (Å²) in [7, 11) is 0. The largest absolute Gasteiger partial charge is 0.311 e. The van der Waals surface area contributed by atoms with Gasteiger partial charge in [0, 0.05) is 44.9 Å². The molecule has 3 heteroatoms. The van der Waals surface area contributed by atoms with E-state index in [1.165, 1.54) is 138 Å². The van der Waals surface area contributed by atoms with Crippen LogP contribution in [-0.2, 0) is 21.7 Å². The third-order valence-electron chi connectivity index (χ3n) is 16.7. The molecule has 11 aromatic carbocycles. The molecule has 0 bridgehead atoms. The lowest BCUT2D eigenvalue weighted by atomic mass is 9.33. The van der Waals surface area contributed by atoms with Crippen molar-refractivity contribution in [2.24, 2.45) is 0 Å². The van der Waals surface area contributed by atoms with Crippen molar-refractivity contribution in [3.05, 3.63) is 210 Å². The van der Waals surface area contributed by atoms with Crippen LogP contribution in [0.25, 0.3) is 65.0 Å². The number of rotatable bonds is 3. The first kappa shape index (κ1) is 47.1. The zero-order chi connectivity index (χ0) is 52.1. The van der Waals surface area contributed by atoms with Gasteiger partial charge in [0.15, 0.2) is 0 Å². The van der Waals surface area contributed by atoms with Gasteiger partial charge in [-0.1, -0.05) is 210 Å². The number of hydrogen-bond acceptors (Lipinski definition) is 2. The van der Waals surface area contributed by atoms with Crippen molar-refractivity contribution >= 4 is 111 Å². The number of fused-ring (bicyclic) bond motifs is 11. The molecule has 2 aliphatic rings. The van der Waals surface area contributed by atoms with Crippen LogP contribution in [-0.4, -0.2) is 6.71 Å². The van der Waals surface area contributed by atoms with Crippen molar-refractivity contribution in [3.8, 4) is 11.1 Å². The maximum atomic E-state index is 2.70. The fourth-order valence-corrected chi connectivity index (χ4v) is 12.4. The first-order valence-electron chi connectivity index (χ1n) is 27.2. The van der Waals surface area contributed by atoms with Gasteiger partial charge in [-0.2, -0.15) is 0 Å². The van der Waals surface area contributed by atoms with Crippen molar-refractivity contribution in [2.75, 3.05) is 9.80 Å². The van der Waals surface area contributed by atoms with Gasteiger partial charge in [0.25, 0.3) is 6.71 Å². The van der Waals surface area contributed by atoms with Crippen LogP contribution < -0.4 is 26.2 Å². The van der Waals surface area contributed by atoms with Crippen molar-refractivity contribution in [1.82, 2.24) is 0 Å². The minimum Gasteiger partial charge on any atom is -0.311 e. The first-order valence-corrected chi connectivity index (χ1v) is 27.2. The molecule has 0 amide bonds. The summed E-state index contributed by atoms with van der Waals surface area (Å²) in [6, 6.07) is 73.2. The van der Waals surface area contributed by atoms with E-state index in [1.54, 1.807) is 0 Å². The maximum absolute atomic E-state index is 2.70. The molecule has 0 fully saturated rings. The molecule has 2 nitrogen and oxygen atoms in total. The lowest BCUT2D eigenvalue weighted by Crippen LogP contribution is -2.61. The Morgan fingerprint density at radius 2 is 0.680 bits per heavy atom. The average Bonchev–Trinajstić information content (AvgIpc) is 3.46. The molecule has 0 spiro atoms. The molecular formula is C72H67BN2. The van der Waals surface area contributed by atoms with Gasteiger partial charge in [-0.15, -0.1) is 0 Å². The molecule has 11 aromatic rings. The summed E-state index contributed by atoms with van der Waals surface area (Å²) in [5.74, 6) is 0. The molecule has 368 valence electrons. The Bertz CT molecular complexity index is 3890. The van der Waals surface area contributed by atoms with E-state index in [-0.39, 0.29) is 28.4 Å². The third-order valence-corrected chi connectivity index (χ3v) is 16.7. The quantitative estimate of drug-likeness (QED) is 0.129. The molecule has 0 unspecified atom stereocenters. The van der Waals surface area contributed by atoms with Gasteiger partial charge in [0.1, 0.15) is 0 Å². The van der Waals surface area contributed by atoms with Crippen LogP contribution in [0.4, 0.5) is 34.1 Å². The van der Waals surface area contributed by atoms with Crippen LogP contribution in [0, 0.1) is 0 Å². The second-order valence-corrected chi connectivity index (χ2v) is 25.9. The summed E-state index contributed by atoms with van der Waals surface area (Å²) in [5, 5.41) is 12.5. The molecule has 2 aliphatic heterocycles. The molecule has 0 aromatic heterocycles. The topological polar surface area (TPSA) is 6.48 Å². The number of benzene rings is 11. The van der Waals surface area contributed by atoms with Crippen molar-refractivity contribution in [3.63, 3.8) is 0 Å². The Morgan fingerprint density at radius 1 is 0.307 bits per heavy atom. The summed E-state index contributed by atoms with van der Waals surface area (Å²) in [5.41, 5.74) is 18.7. The second-order valence-electron chi connectivity index (χ2n) is 25.9. The highest BCUT2D eigenvalue weighted by atomic mass is 15.2. The van der Waals surface area contributed by atoms with E-state index in [9.17, 15) is 0 Å². The van der Waals surface area contributed by atoms with E-state index >= 15 is 0 Å². The van der Waals surface area contributed by atoms with Crippen molar-refractivity contribution < 1.29 is 0 Å². The predicted octanol–water partition coefficient (Wildman–Crippen LogP) is 18.4. The third kappa shape index (κ3) is 7.67. The monoisotopic (exact) mass is 971 g/mol. The maximum Gasteiger partial charge on any atom is 0.252 e. The van der Waals surface area contributed by atoms with Crippen LogP contribution in [0.5, 0.6) is 0 Å². The van der Waals surface area contributed by atoms with Gasteiger partial charge in [0.05, 0.1) is 0 Å². The van der Waals surface area contributed by atoms with Crippen molar-refractivity contribution in [2.45, 2.75) is 105 Å². The summed E-state index contributed by atoms with van der Waals surface area (Å²) in [6.45, 7) is 28.3. The number of nitrogens with zero attached hydrogens (tertiary/aromatic N) is 2. The number of hydrogen-bond donors (Lipinski definition) is 0. The zero-order valence-corrected chi connectivity index (χ0v) is 45.9. The van der Waals surface area contributed by atoms with Crippen LogP contribution >= 0.6 is 0 Å². The summed E-state index contributed by atoms with van der Waals surface area (Å²) >= 11 is 0. The smallest absolute Gasteiger partial charge is 0.252 e. The van der Waals surface area contributed by atoms with E-state index in [0.29, 0.717) is 0 Å².